The lowest BCUT2D eigenvalue weighted by Crippen LogP contribution is -2.46. The summed E-state index contributed by atoms with van der Waals surface area (Å²) in [5.41, 5.74) is 0.672. The summed E-state index contributed by atoms with van der Waals surface area (Å²) in [6, 6.07) is 6.42. The Morgan fingerprint density at radius 2 is 2.26 bits per heavy atom. The van der Waals surface area contributed by atoms with Crippen LogP contribution in [-0.4, -0.2) is 45.3 Å². The molecule has 0 aromatic heterocycles. The van der Waals surface area contributed by atoms with Crippen LogP contribution in [0.25, 0.3) is 0 Å². The zero-order valence-electron chi connectivity index (χ0n) is 10.2. The number of non-ortho nitro benzene ring substituents is 1. The predicted octanol–water partition coefficient (Wildman–Crippen LogP) is 1.36. The topological polar surface area (TPSA) is 75.8 Å². The van der Waals surface area contributed by atoms with Crippen LogP contribution >= 0.6 is 11.8 Å². The molecule has 3 rings (SSSR count). The number of thioether (sulfide) groups is 1. The van der Waals surface area contributed by atoms with Crippen molar-refractivity contribution in [1.29, 1.82) is 0 Å². The van der Waals surface area contributed by atoms with Crippen molar-refractivity contribution in [3.05, 3.63) is 39.9 Å². The fourth-order valence-electron chi connectivity index (χ4n) is 2.54. The van der Waals surface area contributed by atoms with Gasteiger partial charge in [-0.15, -0.1) is 11.8 Å². The first-order valence-corrected chi connectivity index (χ1v) is 7.13. The zero-order chi connectivity index (χ0) is 13.5. The molecule has 0 unspecified atom stereocenters. The van der Waals surface area contributed by atoms with E-state index in [4.69, 9.17) is 4.74 Å². The Balaban J connectivity index is 1.85. The second kappa shape index (κ2) is 4.75. The molecule has 0 spiro atoms. The molecule has 2 saturated heterocycles. The molecular formula is C12H14N2O4S. The molecule has 7 heteroatoms. The lowest BCUT2D eigenvalue weighted by molar-refractivity contribution is -0.384. The molecule has 0 saturated carbocycles. The van der Waals surface area contributed by atoms with E-state index in [2.05, 4.69) is 4.90 Å². The van der Waals surface area contributed by atoms with Crippen molar-refractivity contribution in [2.45, 2.75) is 11.8 Å². The van der Waals surface area contributed by atoms with E-state index in [1.54, 1.807) is 23.9 Å². The van der Waals surface area contributed by atoms with E-state index in [9.17, 15) is 15.2 Å². The van der Waals surface area contributed by atoms with Crippen LogP contribution in [0.4, 0.5) is 5.69 Å². The highest BCUT2D eigenvalue weighted by Crippen LogP contribution is 2.44. The quantitative estimate of drug-likeness (QED) is 0.666. The molecule has 19 heavy (non-hydrogen) atoms. The van der Waals surface area contributed by atoms with E-state index < -0.39 is 4.92 Å². The molecule has 2 heterocycles. The summed E-state index contributed by atoms with van der Waals surface area (Å²) in [4.78, 5) is 12.4. The Morgan fingerprint density at radius 1 is 1.53 bits per heavy atom. The second-order valence-corrected chi connectivity index (χ2v) is 5.80. The fraction of sp³-hybridized carbons (Fsp3) is 0.500. The van der Waals surface area contributed by atoms with Crippen molar-refractivity contribution in [1.82, 2.24) is 4.90 Å². The largest absolute Gasteiger partial charge is 0.394 e. The van der Waals surface area contributed by atoms with E-state index in [-0.39, 0.29) is 24.1 Å². The molecule has 2 aliphatic heterocycles. The minimum Gasteiger partial charge on any atom is -0.394 e. The van der Waals surface area contributed by atoms with Crippen molar-refractivity contribution in [3.63, 3.8) is 0 Å². The summed E-state index contributed by atoms with van der Waals surface area (Å²) in [5, 5.41) is 20.2. The smallest absolute Gasteiger partial charge is 0.269 e. The van der Waals surface area contributed by atoms with Gasteiger partial charge in [-0.25, -0.2) is 0 Å². The van der Waals surface area contributed by atoms with Crippen LogP contribution in [0, 0.1) is 10.1 Å². The summed E-state index contributed by atoms with van der Waals surface area (Å²) in [5.74, 6) is 1.66. The Labute approximate surface area is 114 Å². The van der Waals surface area contributed by atoms with Gasteiger partial charge in [0.1, 0.15) is 6.23 Å². The Bertz CT molecular complexity index is 495. The monoisotopic (exact) mass is 282 g/mol. The van der Waals surface area contributed by atoms with Crippen molar-refractivity contribution < 1.29 is 14.8 Å². The highest BCUT2D eigenvalue weighted by molar-refractivity contribution is 7.99. The van der Waals surface area contributed by atoms with Crippen molar-refractivity contribution >= 4 is 17.4 Å². The van der Waals surface area contributed by atoms with Gasteiger partial charge in [0.25, 0.3) is 5.69 Å². The summed E-state index contributed by atoms with van der Waals surface area (Å²) in [6.45, 7) is 0.571. The number of nitrogens with zero attached hydrogens (tertiary/aromatic N) is 2. The Morgan fingerprint density at radius 3 is 2.89 bits per heavy atom. The maximum atomic E-state index is 10.6. The van der Waals surface area contributed by atoms with Crippen LogP contribution in [-0.2, 0) is 4.74 Å². The van der Waals surface area contributed by atoms with Crippen LogP contribution in [0.15, 0.2) is 24.3 Å². The van der Waals surface area contributed by atoms with Gasteiger partial charge in [0.15, 0.2) is 0 Å². The molecule has 1 aromatic carbocycles. The minimum atomic E-state index is -0.414. The van der Waals surface area contributed by atoms with Crippen LogP contribution < -0.4 is 0 Å². The number of nitro benzene ring substituents is 1. The van der Waals surface area contributed by atoms with E-state index in [1.807, 2.05) is 0 Å². The maximum Gasteiger partial charge on any atom is 0.269 e. The predicted molar refractivity (Wildman–Crippen MR) is 70.8 cm³/mol. The van der Waals surface area contributed by atoms with Gasteiger partial charge in [0.2, 0.25) is 0 Å². The van der Waals surface area contributed by atoms with Gasteiger partial charge in [0.05, 0.1) is 23.7 Å². The Kier molecular flexibility index (Phi) is 3.22. The Hall–Kier alpha value is -1.15. The summed E-state index contributed by atoms with van der Waals surface area (Å²) in [6.07, 6.45) is -0.219. The van der Waals surface area contributed by atoms with Crippen LogP contribution in [0.1, 0.15) is 11.8 Å². The molecular weight excluding hydrogens is 268 g/mol. The van der Waals surface area contributed by atoms with Crippen molar-refractivity contribution in [2.24, 2.45) is 0 Å². The molecule has 0 amide bonds. The first-order chi connectivity index (χ1) is 9.16. The molecule has 2 fully saturated rings. The van der Waals surface area contributed by atoms with Gasteiger partial charge in [0, 0.05) is 23.8 Å². The van der Waals surface area contributed by atoms with Crippen molar-refractivity contribution in [2.75, 3.05) is 24.8 Å². The molecule has 0 aliphatic carbocycles. The molecule has 0 radical (unpaired) electrons. The zero-order valence-corrected chi connectivity index (χ0v) is 11.0. The number of nitro groups is 1. The minimum absolute atomic E-state index is 0.0729. The number of hydrogen-bond donors (Lipinski definition) is 1. The average molecular weight is 282 g/mol. The van der Waals surface area contributed by atoms with Gasteiger partial charge >= 0.3 is 0 Å². The van der Waals surface area contributed by atoms with Gasteiger partial charge < -0.3 is 9.84 Å². The number of rotatable bonds is 3. The molecule has 0 bridgehead atoms. The number of hydrogen-bond acceptors (Lipinski definition) is 6. The molecule has 6 nitrogen and oxygen atoms in total. The fourth-order valence-corrected chi connectivity index (χ4v) is 3.96. The highest BCUT2D eigenvalue weighted by atomic mass is 32.2. The normalized spacial score (nSPS) is 30.5. The first kappa shape index (κ1) is 12.9. The maximum absolute atomic E-state index is 10.6. The van der Waals surface area contributed by atoms with Gasteiger partial charge in [-0.3, -0.25) is 15.0 Å². The van der Waals surface area contributed by atoms with Gasteiger partial charge in [-0.05, 0) is 17.7 Å². The summed E-state index contributed by atoms with van der Waals surface area (Å²) >= 11 is 1.77. The van der Waals surface area contributed by atoms with Gasteiger partial charge in [-0.1, -0.05) is 0 Å². The van der Waals surface area contributed by atoms with Gasteiger partial charge in [-0.2, -0.15) is 0 Å². The van der Waals surface area contributed by atoms with E-state index >= 15 is 0 Å². The van der Waals surface area contributed by atoms with Crippen LogP contribution in [0.2, 0.25) is 0 Å². The SMILES string of the molecule is O=[N+]([O-])c1ccc([C@H]2OC[C@]3(CO)CSCN23)cc1. The third kappa shape index (κ3) is 2.02. The summed E-state index contributed by atoms with van der Waals surface area (Å²) < 4.78 is 5.78. The molecule has 102 valence electrons. The van der Waals surface area contributed by atoms with E-state index in [0.29, 0.717) is 6.61 Å². The summed E-state index contributed by atoms with van der Waals surface area (Å²) in [7, 11) is 0. The first-order valence-electron chi connectivity index (χ1n) is 5.98. The lowest BCUT2D eigenvalue weighted by Gasteiger charge is -2.29. The van der Waals surface area contributed by atoms with E-state index in [1.165, 1.54) is 12.1 Å². The molecule has 2 aliphatic rings. The van der Waals surface area contributed by atoms with Crippen LogP contribution in [0.3, 0.4) is 0 Å². The third-order valence-corrected chi connectivity index (χ3v) is 4.89. The third-order valence-electron chi connectivity index (χ3n) is 3.69. The van der Waals surface area contributed by atoms with E-state index in [0.717, 1.165) is 17.2 Å². The molecule has 1 aromatic rings. The number of fused-ring (bicyclic) bond motifs is 1. The lowest BCUT2D eigenvalue weighted by atomic mass is 10.0. The highest BCUT2D eigenvalue weighted by Gasteiger charge is 2.51. The molecule has 1 N–H and O–H groups in total. The van der Waals surface area contributed by atoms with Crippen molar-refractivity contribution in [3.8, 4) is 0 Å². The number of aliphatic hydroxyl groups is 1. The average Bonchev–Trinajstić information content (AvgIpc) is 2.97. The number of ether oxygens (including phenoxy) is 1. The standard InChI is InChI=1S/C12H14N2O4S/c15-5-12-6-18-11(13(12)8-19-7-12)9-1-3-10(4-2-9)14(16)17/h1-4,11,15H,5-8H2/t11-,12-/m1/s1. The number of aliphatic hydroxyl groups excluding tert-OH is 1. The molecule has 2 atom stereocenters. The number of benzene rings is 1. The second-order valence-electron chi connectivity index (χ2n) is 4.84. The van der Waals surface area contributed by atoms with Crippen LogP contribution in [0.5, 0.6) is 0 Å².